The molecule has 0 aromatic carbocycles. The third kappa shape index (κ3) is 3.26. The number of aromatic nitrogens is 3. The largest absolute Gasteiger partial charge is 0.378 e. The maximum atomic E-state index is 6.05. The fraction of sp³-hybridized carbons (Fsp3) is 0.364. The van der Waals surface area contributed by atoms with Gasteiger partial charge in [-0.25, -0.2) is 15.0 Å². The fourth-order valence-corrected chi connectivity index (χ4v) is 2.59. The molecule has 0 fully saturated rings. The summed E-state index contributed by atoms with van der Waals surface area (Å²) in [4.78, 5) is 13.0. The summed E-state index contributed by atoms with van der Waals surface area (Å²) in [5.41, 5.74) is 1.71. The monoisotopic (exact) mass is 347 g/mol. The van der Waals surface area contributed by atoms with Crippen LogP contribution in [0.2, 0.25) is 5.15 Å². The molecular weight excluding hydrogens is 338 g/mol. The second-order valence-electron chi connectivity index (χ2n) is 3.66. The second kappa shape index (κ2) is 6.06. The van der Waals surface area contributed by atoms with Gasteiger partial charge in [-0.1, -0.05) is 11.6 Å². The first kappa shape index (κ1) is 13.9. The van der Waals surface area contributed by atoms with Gasteiger partial charge < -0.3 is 4.74 Å². The minimum Gasteiger partial charge on any atom is -0.378 e. The Labute approximate surface area is 123 Å². The summed E-state index contributed by atoms with van der Waals surface area (Å²) in [5, 5.41) is 3.44. The highest BCUT2D eigenvalue weighted by Crippen LogP contribution is 2.24. The van der Waals surface area contributed by atoms with Gasteiger partial charge in [-0.3, -0.25) is 0 Å². The van der Waals surface area contributed by atoms with E-state index in [-0.39, 0.29) is 0 Å². The second-order valence-corrected chi connectivity index (χ2v) is 5.87. The van der Waals surface area contributed by atoms with Crippen molar-refractivity contribution in [2.45, 2.75) is 20.0 Å². The van der Waals surface area contributed by atoms with Crippen molar-refractivity contribution in [3.05, 3.63) is 37.2 Å². The van der Waals surface area contributed by atoms with E-state index in [0.717, 1.165) is 16.4 Å². The Hall–Kier alpha value is -0.560. The Morgan fingerprint density at radius 1 is 1.39 bits per heavy atom. The van der Waals surface area contributed by atoms with Crippen molar-refractivity contribution in [3.8, 4) is 0 Å². The molecule has 4 nitrogen and oxygen atoms in total. The topological polar surface area (TPSA) is 47.9 Å². The zero-order valence-electron chi connectivity index (χ0n) is 9.91. The fourth-order valence-electron chi connectivity index (χ4n) is 1.47. The minimum atomic E-state index is 0.395. The van der Waals surface area contributed by atoms with Crippen molar-refractivity contribution in [2.75, 3.05) is 7.11 Å². The van der Waals surface area contributed by atoms with Gasteiger partial charge in [0.25, 0.3) is 0 Å². The van der Waals surface area contributed by atoms with Gasteiger partial charge in [0, 0.05) is 12.5 Å². The molecule has 2 aromatic heterocycles. The lowest BCUT2D eigenvalue weighted by Crippen LogP contribution is -2.04. The Morgan fingerprint density at radius 2 is 2.17 bits per heavy atom. The molecule has 0 bridgehead atoms. The summed E-state index contributed by atoms with van der Waals surface area (Å²) in [6.45, 7) is 2.37. The van der Waals surface area contributed by atoms with Crippen LogP contribution in [-0.4, -0.2) is 22.1 Å². The number of thiazole rings is 1. The summed E-state index contributed by atoms with van der Waals surface area (Å²) in [6, 6.07) is 0. The minimum absolute atomic E-state index is 0.395. The summed E-state index contributed by atoms with van der Waals surface area (Å²) in [7, 11) is 1.62. The van der Waals surface area contributed by atoms with Gasteiger partial charge in [0.05, 0.1) is 33.9 Å². The number of hydrogen-bond acceptors (Lipinski definition) is 5. The zero-order valence-corrected chi connectivity index (χ0v) is 13.1. The third-order valence-electron chi connectivity index (χ3n) is 2.21. The molecule has 0 spiro atoms. The lowest BCUT2D eigenvalue weighted by molar-refractivity contribution is 0.180. The first-order chi connectivity index (χ1) is 8.60. The third-order valence-corrected chi connectivity index (χ3v) is 4.37. The lowest BCUT2D eigenvalue weighted by Gasteiger charge is -2.06. The van der Waals surface area contributed by atoms with Crippen LogP contribution in [0.5, 0.6) is 0 Å². The summed E-state index contributed by atoms with van der Waals surface area (Å²) in [5.74, 6) is 0.653. The molecule has 0 aliphatic rings. The standard InChI is InChI=1S/C11H11BrClN3OS/c1-6-14-7(5-18-6)3-9-15-8(4-17-2)10(12)11(13)16-9/h5H,3-4H2,1-2H3. The summed E-state index contributed by atoms with van der Waals surface area (Å²) >= 11 is 11.0. The van der Waals surface area contributed by atoms with Crippen LogP contribution in [0, 0.1) is 6.92 Å². The van der Waals surface area contributed by atoms with Crippen LogP contribution in [-0.2, 0) is 17.8 Å². The molecule has 0 unspecified atom stereocenters. The van der Waals surface area contributed by atoms with Crippen LogP contribution in [0.1, 0.15) is 22.2 Å². The predicted molar refractivity (Wildman–Crippen MR) is 75.1 cm³/mol. The molecule has 0 aliphatic carbocycles. The van der Waals surface area contributed by atoms with Gasteiger partial charge in [-0.2, -0.15) is 0 Å². The number of ether oxygens (including phenoxy) is 1. The Balaban J connectivity index is 2.28. The van der Waals surface area contributed by atoms with Crippen LogP contribution in [0.15, 0.2) is 9.85 Å². The van der Waals surface area contributed by atoms with E-state index in [9.17, 15) is 0 Å². The first-order valence-electron chi connectivity index (χ1n) is 5.21. The van der Waals surface area contributed by atoms with Crippen molar-refractivity contribution in [2.24, 2.45) is 0 Å². The maximum Gasteiger partial charge on any atom is 0.147 e. The van der Waals surface area contributed by atoms with Crippen LogP contribution in [0.4, 0.5) is 0 Å². The van der Waals surface area contributed by atoms with Crippen molar-refractivity contribution in [1.29, 1.82) is 0 Å². The van der Waals surface area contributed by atoms with E-state index in [1.807, 2.05) is 12.3 Å². The van der Waals surface area contributed by atoms with Gasteiger partial charge in [0.2, 0.25) is 0 Å². The van der Waals surface area contributed by atoms with Crippen molar-refractivity contribution in [1.82, 2.24) is 15.0 Å². The normalized spacial score (nSPS) is 10.9. The van der Waals surface area contributed by atoms with Crippen LogP contribution in [0.25, 0.3) is 0 Å². The average Bonchev–Trinajstić information content (AvgIpc) is 2.71. The Kier molecular flexibility index (Phi) is 4.66. The highest BCUT2D eigenvalue weighted by molar-refractivity contribution is 9.10. The first-order valence-corrected chi connectivity index (χ1v) is 7.26. The van der Waals surface area contributed by atoms with Gasteiger partial charge in [0.1, 0.15) is 11.0 Å². The molecule has 96 valence electrons. The van der Waals surface area contributed by atoms with Crippen LogP contribution in [0.3, 0.4) is 0 Å². The average molecular weight is 349 g/mol. The maximum absolute atomic E-state index is 6.05. The van der Waals surface area contributed by atoms with E-state index in [0.29, 0.717) is 28.5 Å². The van der Waals surface area contributed by atoms with E-state index in [2.05, 4.69) is 30.9 Å². The van der Waals surface area contributed by atoms with Gasteiger partial charge in [-0.05, 0) is 22.9 Å². The van der Waals surface area contributed by atoms with E-state index in [4.69, 9.17) is 16.3 Å². The molecule has 0 aliphatic heterocycles. The molecule has 0 atom stereocenters. The van der Waals surface area contributed by atoms with Crippen LogP contribution < -0.4 is 0 Å². The molecule has 2 rings (SSSR count). The van der Waals surface area contributed by atoms with Crippen LogP contribution >= 0.6 is 38.9 Å². The lowest BCUT2D eigenvalue weighted by atomic mass is 10.3. The van der Waals surface area contributed by atoms with Crippen molar-refractivity contribution in [3.63, 3.8) is 0 Å². The molecular formula is C11H11BrClN3OS. The van der Waals surface area contributed by atoms with E-state index >= 15 is 0 Å². The van der Waals surface area contributed by atoms with Crippen molar-refractivity contribution < 1.29 is 4.74 Å². The van der Waals surface area contributed by atoms with E-state index in [1.165, 1.54) is 0 Å². The number of methoxy groups -OCH3 is 1. The number of halogens is 2. The predicted octanol–water partition coefficient (Wildman–Crippen LogP) is 3.39. The molecule has 0 radical (unpaired) electrons. The van der Waals surface area contributed by atoms with E-state index in [1.54, 1.807) is 18.4 Å². The Bertz CT molecular complexity index is 561. The smallest absolute Gasteiger partial charge is 0.147 e. The summed E-state index contributed by atoms with van der Waals surface area (Å²) < 4.78 is 5.77. The number of aryl methyl sites for hydroxylation is 1. The molecule has 2 aromatic rings. The number of hydrogen-bond donors (Lipinski definition) is 0. The highest BCUT2D eigenvalue weighted by Gasteiger charge is 2.12. The zero-order chi connectivity index (χ0) is 13.1. The van der Waals surface area contributed by atoms with Gasteiger partial charge in [0.15, 0.2) is 0 Å². The van der Waals surface area contributed by atoms with Crippen molar-refractivity contribution >= 4 is 38.9 Å². The highest BCUT2D eigenvalue weighted by atomic mass is 79.9. The molecule has 0 amide bonds. The quantitative estimate of drug-likeness (QED) is 0.795. The van der Waals surface area contributed by atoms with Gasteiger partial charge in [-0.15, -0.1) is 11.3 Å². The number of nitrogens with zero attached hydrogens (tertiary/aromatic N) is 3. The SMILES string of the molecule is COCc1nc(Cc2csc(C)n2)nc(Cl)c1Br. The molecule has 0 N–H and O–H groups in total. The molecule has 2 heterocycles. The number of rotatable bonds is 4. The summed E-state index contributed by atoms with van der Waals surface area (Å²) in [6.07, 6.45) is 0.577. The molecule has 0 saturated carbocycles. The molecule has 18 heavy (non-hydrogen) atoms. The van der Waals surface area contributed by atoms with Gasteiger partial charge >= 0.3 is 0 Å². The molecule has 7 heteroatoms. The molecule has 0 saturated heterocycles. The van der Waals surface area contributed by atoms with E-state index < -0.39 is 0 Å². The Morgan fingerprint density at radius 3 is 2.78 bits per heavy atom.